The van der Waals surface area contributed by atoms with Crippen molar-refractivity contribution in [2.45, 2.75) is 51.7 Å². The van der Waals surface area contributed by atoms with E-state index in [9.17, 15) is 4.79 Å². The first-order chi connectivity index (χ1) is 13.5. The van der Waals surface area contributed by atoms with Crippen molar-refractivity contribution in [3.63, 3.8) is 0 Å². The molecule has 1 aliphatic heterocycles. The minimum atomic E-state index is -0.344. The SMILES string of the molecule is CC(C)(C)c1cc(Oc2ccccc2)ccc1/C=C(\C=O)OC1CCCCO1. The van der Waals surface area contributed by atoms with Crippen molar-refractivity contribution >= 4 is 12.4 Å². The minimum absolute atomic E-state index is 0.128. The van der Waals surface area contributed by atoms with Gasteiger partial charge in [0, 0.05) is 6.42 Å². The quantitative estimate of drug-likeness (QED) is 0.358. The fraction of sp³-hybridized carbons (Fsp3) is 0.375. The molecular formula is C24H28O4. The molecule has 0 N–H and O–H groups in total. The van der Waals surface area contributed by atoms with E-state index in [1.165, 1.54) is 0 Å². The van der Waals surface area contributed by atoms with Gasteiger partial charge in [0.15, 0.2) is 18.3 Å². The molecule has 1 fully saturated rings. The smallest absolute Gasteiger partial charge is 0.199 e. The van der Waals surface area contributed by atoms with Gasteiger partial charge >= 0.3 is 0 Å². The molecule has 0 spiro atoms. The van der Waals surface area contributed by atoms with E-state index in [4.69, 9.17) is 14.2 Å². The Morgan fingerprint density at radius 2 is 1.86 bits per heavy atom. The molecule has 0 radical (unpaired) electrons. The van der Waals surface area contributed by atoms with Gasteiger partial charge in [0.1, 0.15) is 11.5 Å². The third-order valence-electron chi connectivity index (χ3n) is 4.63. The summed E-state index contributed by atoms with van der Waals surface area (Å²) < 4.78 is 17.3. The molecule has 28 heavy (non-hydrogen) atoms. The third kappa shape index (κ3) is 5.46. The van der Waals surface area contributed by atoms with Crippen LogP contribution < -0.4 is 4.74 Å². The van der Waals surface area contributed by atoms with Crippen LogP contribution in [-0.2, 0) is 19.7 Å². The predicted octanol–water partition coefficient (Wildman–Crippen LogP) is 5.86. The second kappa shape index (κ2) is 9.07. The fourth-order valence-corrected chi connectivity index (χ4v) is 3.20. The number of carbonyl (C=O) groups is 1. The van der Waals surface area contributed by atoms with Crippen molar-refractivity contribution in [3.8, 4) is 11.5 Å². The largest absolute Gasteiger partial charge is 0.462 e. The number of ether oxygens (including phenoxy) is 3. The van der Waals surface area contributed by atoms with Crippen LogP contribution in [0.5, 0.6) is 11.5 Å². The number of allylic oxidation sites excluding steroid dienone is 1. The molecule has 148 valence electrons. The van der Waals surface area contributed by atoms with Crippen LogP contribution in [0.1, 0.15) is 51.2 Å². The normalized spacial score (nSPS) is 17.8. The summed E-state index contributed by atoms with van der Waals surface area (Å²) in [5, 5.41) is 0. The molecule has 2 aromatic rings. The maximum absolute atomic E-state index is 11.6. The molecule has 0 aromatic heterocycles. The molecule has 4 nitrogen and oxygen atoms in total. The molecule has 2 aromatic carbocycles. The number of para-hydroxylation sites is 1. The average molecular weight is 380 g/mol. The van der Waals surface area contributed by atoms with Gasteiger partial charge in [0.05, 0.1) is 6.61 Å². The van der Waals surface area contributed by atoms with Crippen molar-refractivity contribution in [1.29, 1.82) is 0 Å². The van der Waals surface area contributed by atoms with Crippen LogP contribution in [0.25, 0.3) is 6.08 Å². The number of rotatable bonds is 6. The number of aldehydes is 1. The van der Waals surface area contributed by atoms with Gasteiger partial charge in [-0.3, -0.25) is 4.79 Å². The monoisotopic (exact) mass is 380 g/mol. The van der Waals surface area contributed by atoms with Crippen LogP contribution in [0.3, 0.4) is 0 Å². The van der Waals surface area contributed by atoms with Gasteiger partial charge in [-0.15, -0.1) is 0 Å². The maximum atomic E-state index is 11.6. The molecule has 4 heteroatoms. The maximum Gasteiger partial charge on any atom is 0.199 e. The number of hydrogen-bond donors (Lipinski definition) is 0. The Kier molecular flexibility index (Phi) is 6.53. The predicted molar refractivity (Wildman–Crippen MR) is 110 cm³/mol. The Morgan fingerprint density at radius 1 is 1.07 bits per heavy atom. The van der Waals surface area contributed by atoms with E-state index in [2.05, 4.69) is 20.8 Å². The molecule has 1 saturated heterocycles. The van der Waals surface area contributed by atoms with Crippen LogP contribution in [0, 0.1) is 0 Å². The molecule has 0 amide bonds. The molecule has 0 saturated carbocycles. The Labute approximate surface area is 167 Å². The molecular weight excluding hydrogens is 352 g/mol. The number of hydrogen-bond acceptors (Lipinski definition) is 4. The summed E-state index contributed by atoms with van der Waals surface area (Å²) in [6, 6.07) is 15.6. The van der Waals surface area contributed by atoms with Gasteiger partial charge < -0.3 is 14.2 Å². The fourth-order valence-electron chi connectivity index (χ4n) is 3.20. The zero-order valence-corrected chi connectivity index (χ0v) is 16.8. The first kappa shape index (κ1) is 20.2. The van der Waals surface area contributed by atoms with Gasteiger partial charge in [-0.1, -0.05) is 45.0 Å². The average Bonchev–Trinajstić information content (AvgIpc) is 2.69. The molecule has 3 rings (SSSR count). The topological polar surface area (TPSA) is 44.8 Å². The van der Waals surface area contributed by atoms with Crippen molar-refractivity contribution in [1.82, 2.24) is 0 Å². The summed E-state index contributed by atoms with van der Waals surface area (Å²) in [6.45, 7) is 7.09. The lowest BCUT2D eigenvalue weighted by atomic mass is 9.83. The van der Waals surface area contributed by atoms with Crippen LogP contribution in [0.4, 0.5) is 0 Å². The molecule has 0 bridgehead atoms. The van der Waals surface area contributed by atoms with Gasteiger partial charge in [0.2, 0.25) is 0 Å². The standard InChI is InChI=1S/C24H28O4/c1-24(2,3)22-16-20(27-19-9-5-4-6-10-19)13-12-18(22)15-21(17-25)28-23-11-7-8-14-26-23/h4-6,9-10,12-13,15-17,23H,7-8,11,14H2,1-3H3/b21-15+. The number of benzene rings is 2. The van der Waals surface area contributed by atoms with Gasteiger partial charge in [0.25, 0.3) is 0 Å². The summed E-state index contributed by atoms with van der Waals surface area (Å²) in [5.41, 5.74) is 1.89. The lowest BCUT2D eigenvalue weighted by molar-refractivity contribution is -0.144. The summed E-state index contributed by atoms with van der Waals surface area (Å²) in [4.78, 5) is 11.6. The van der Waals surface area contributed by atoms with E-state index >= 15 is 0 Å². The van der Waals surface area contributed by atoms with Crippen LogP contribution >= 0.6 is 0 Å². The van der Waals surface area contributed by atoms with Crippen molar-refractivity contribution in [3.05, 3.63) is 65.4 Å². The lowest BCUT2D eigenvalue weighted by Crippen LogP contribution is -2.22. The van der Waals surface area contributed by atoms with E-state index < -0.39 is 0 Å². The summed E-state index contributed by atoms with van der Waals surface area (Å²) in [5.74, 6) is 1.84. The van der Waals surface area contributed by atoms with E-state index in [1.807, 2.05) is 48.5 Å². The molecule has 1 atom stereocenters. The summed E-state index contributed by atoms with van der Waals surface area (Å²) >= 11 is 0. The highest BCUT2D eigenvalue weighted by atomic mass is 16.7. The van der Waals surface area contributed by atoms with Gasteiger partial charge in [-0.25, -0.2) is 0 Å². The Hall–Kier alpha value is -2.59. The molecule has 1 unspecified atom stereocenters. The highest BCUT2D eigenvalue weighted by Gasteiger charge is 2.20. The van der Waals surface area contributed by atoms with Crippen LogP contribution in [0.15, 0.2) is 54.3 Å². The zero-order chi connectivity index (χ0) is 20.0. The third-order valence-corrected chi connectivity index (χ3v) is 4.63. The highest BCUT2D eigenvalue weighted by Crippen LogP contribution is 2.33. The molecule has 0 aliphatic carbocycles. The number of carbonyl (C=O) groups excluding carboxylic acids is 1. The van der Waals surface area contributed by atoms with Crippen LogP contribution in [-0.4, -0.2) is 19.2 Å². The van der Waals surface area contributed by atoms with E-state index in [-0.39, 0.29) is 17.5 Å². The first-order valence-corrected chi connectivity index (χ1v) is 9.78. The van der Waals surface area contributed by atoms with E-state index in [1.54, 1.807) is 6.08 Å². The second-order valence-corrected chi connectivity index (χ2v) is 7.99. The molecule has 1 heterocycles. The summed E-state index contributed by atoms with van der Waals surface area (Å²) in [7, 11) is 0. The van der Waals surface area contributed by atoms with Crippen molar-refractivity contribution < 1.29 is 19.0 Å². The Bertz CT molecular complexity index is 812. The van der Waals surface area contributed by atoms with E-state index in [0.717, 1.165) is 48.2 Å². The van der Waals surface area contributed by atoms with Crippen molar-refractivity contribution in [2.75, 3.05) is 6.61 Å². The molecule has 1 aliphatic rings. The second-order valence-electron chi connectivity index (χ2n) is 7.99. The van der Waals surface area contributed by atoms with E-state index in [0.29, 0.717) is 6.61 Å². The lowest BCUT2D eigenvalue weighted by Gasteiger charge is -2.25. The highest BCUT2D eigenvalue weighted by molar-refractivity contribution is 5.80. The zero-order valence-electron chi connectivity index (χ0n) is 16.8. The Balaban J connectivity index is 1.87. The minimum Gasteiger partial charge on any atom is -0.462 e. The van der Waals surface area contributed by atoms with Gasteiger partial charge in [-0.05, 0) is 59.7 Å². The van der Waals surface area contributed by atoms with Crippen LogP contribution in [0.2, 0.25) is 0 Å². The van der Waals surface area contributed by atoms with Gasteiger partial charge in [-0.2, -0.15) is 0 Å². The Morgan fingerprint density at radius 3 is 2.50 bits per heavy atom. The summed E-state index contributed by atoms with van der Waals surface area (Å²) in [6.07, 6.45) is 5.09. The first-order valence-electron chi connectivity index (χ1n) is 9.78. The van der Waals surface area contributed by atoms with Crippen molar-refractivity contribution in [2.24, 2.45) is 0 Å².